The summed E-state index contributed by atoms with van der Waals surface area (Å²) in [5, 5.41) is 9.57. The molecule has 1 N–H and O–H groups in total. The monoisotopic (exact) mass is 284 g/mol. The van der Waals surface area contributed by atoms with Crippen LogP contribution in [0.15, 0.2) is 42.5 Å². The van der Waals surface area contributed by atoms with E-state index >= 15 is 0 Å². The molecule has 3 heteroatoms. The van der Waals surface area contributed by atoms with Gasteiger partial charge in [0.15, 0.2) is 0 Å². The molecule has 0 saturated carbocycles. The van der Waals surface area contributed by atoms with E-state index in [1.54, 1.807) is 12.1 Å². The smallest absolute Gasteiger partial charge is 0.127 e. The van der Waals surface area contributed by atoms with Gasteiger partial charge in [0, 0.05) is 5.92 Å². The standard InChI is InChI=1S/C18H20O3/c1-3-20-16-7-4-13(5-8-16)18-12(2)10-14-11-15(19)6-9-17(14)21-18/h4-9,11-12,18-19H,3,10H2,1-2H3/t12-,18-/m1/s1. The first-order chi connectivity index (χ1) is 10.2. The summed E-state index contributed by atoms with van der Waals surface area (Å²) in [7, 11) is 0. The van der Waals surface area contributed by atoms with Crippen LogP contribution in [0.3, 0.4) is 0 Å². The highest BCUT2D eigenvalue weighted by atomic mass is 16.5. The highest BCUT2D eigenvalue weighted by Gasteiger charge is 2.28. The highest BCUT2D eigenvalue weighted by Crippen LogP contribution is 2.39. The Balaban J connectivity index is 1.84. The minimum atomic E-state index is 0.0396. The van der Waals surface area contributed by atoms with Gasteiger partial charge in [-0.05, 0) is 54.8 Å². The lowest BCUT2D eigenvalue weighted by molar-refractivity contribution is 0.123. The first kappa shape index (κ1) is 13.8. The minimum absolute atomic E-state index is 0.0396. The Morgan fingerprint density at radius 2 is 1.95 bits per heavy atom. The number of aromatic hydroxyl groups is 1. The molecular weight excluding hydrogens is 264 g/mol. The summed E-state index contributed by atoms with van der Waals surface area (Å²) in [6.07, 6.45) is 0.944. The molecule has 1 aliphatic rings. The van der Waals surface area contributed by atoms with Crippen molar-refractivity contribution in [3.05, 3.63) is 53.6 Å². The summed E-state index contributed by atoms with van der Waals surface area (Å²) >= 11 is 0. The number of phenols is 1. The molecule has 3 nitrogen and oxygen atoms in total. The molecule has 1 aliphatic heterocycles. The van der Waals surface area contributed by atoms with Gasteiger partial charge in [-0.2, -0.15) is 0 Å². The lowest BCUT2D eigenvalue weighted by Gasteiger charge is -2.32. The number of fused-ring (bicyclic) bond motifs is 1. The normalized spacial score (nSPS) is 20.5. The maximum Gasteiger partial charge on any atom is 0.127 e. The van der Waals surface area contributed by atoms with Crippen LogP contribution in [0.5, 0.6) is 17.2 Å². The van der Waals surface area contributed by atoms with E-state index in [9.17, 15) is 5.11 Å². The van der Waals surface area contributed by atoms with Crippen LogP contribution in [0.25, 0.3) is 0 Å². The molecule has 0 amide bonds. The van der Waals surface area contributed by atoms with Gasteiger partial charge in [-0.3, -0.25) is 0 Å². The van der Waals surface area contributed by atoms with Gasteiger partial charge in [0.25, 0.3) is 0 Å². The number of phenolic OH excluding ortho intramolecular Hbond substituents is 1. The van der Waals surface area contributed by atoms with E-state index in [0.717, 1.165) is 29.0 Å². The van der Waals surface area contributed by atoms with Crippen molar-refractivity contribution in [2.75, 3.05) is 6.61 Å². The first-order valence-corrected chi connectivity index (χ1v) is 7.38. The van der Waals surface area contributed by atoms with E-state index in [-0.39, 0.29) is 6.10 Å². The lowest BCUT2D eigenvalue weighted by atomic mass is 9.88. The maximum absolute atomic E-state index is 9.57. The van der Waals surface area contributed by atoms with E-state index in [4.69, 9.17) is 9.47 Å². The first-order valence-electron chi connectivity index (χ1n) is 7.38. The number of benzene rings is 2. The predicted octanol–water partition coefficient (Wildman–Crippen LogP) is 4.10. The molecule has 0 bridgehead atoms. The van der Waals surface area contributed by atoms with Crippen LogP contribution in [0.2, 0.25) is 0 Å². The Morgan fingerprint density at radius 3 is 2.67 bits per heavy atom. The van der Waals surface area contributed by atoms with E-state index in [1.807, 2.05) is 25.1 Å². The van der Waals surface area contributed by atoms with Crippen molar-refractivity contribution in [2.45, 2.75) is 26.4 Å². The number of hydrogen-bond acceptors (Lipinski definition) is 3. The van der Waals surface area contributed by atoms with Gasteiger partial charge in [0.2, 0.25) is 0 Å². The summed E-state index contributed by atoms with van der Waals surface area (Å²) in [6.45, 7) is 4.83. The van der Waals surface area contributed by atoms with E-state index in [0.29, 0.717) is 18.3 Å². The second-order valence-corrected chi connectivity index (χ2v) is 5.51. The van der Waals surface area contributed by atoms with Crippen molar-refractivity contribution in [3.63, 3.8) is 0 Å². The van der Waals surface area contributed by atoms with Crippen molar-refractivity contribution < 1.29 is 14.6 Å². The number of rotatable bonds is 3. The Hall–Kier alpha value is -2.16. The molecule has 3 rings (SSSR count). The second kappa shape index (κ2) is 5.68. The SMILES string of the molecule is CCOc1ccc([C@@H]2Oc3ccc(O)cc3C[C@H]2C)cc1. The van der Waals surface area contributed by atoms with Gasteiger partial charge < -0.3 is 14.6 Å². The van der Waals surface area contributed by atoms with Gasteiger partial charge in [0.05, 0.1) is 6.61 Å². The van der Waals surface area contributed by atoms with Crippen LogP contribution in [-0.4, -0.2) is 11.7 Å². The average Bonchev–Trinajstić information content (AvgIpc) is 2.48. The molecule has 110 valence electrons. The Labute approximate surface area is 125 Å². The molecule has 0 aliphatic carbocycles. The van der Waals surface area contributed by atoms with Gasteiger partial charge in [-0.15, -0.1) is 0 Å². The minimum Gasteiger partial charge on any atom is -0.508 e. The molecule has 2 aromatic carbocycles. The third kappa shape index (κ3) is 2.82. The zero-order valence-electron chi connectivity index (χ0n) is 12.4. The molecule has 2 atom stereocenters. The summed E-state index contributed by atoms with van der Waals surface area (Å²) < 4.78 is 11.6. The molecular formula is C18H20O3. The van der Waals surface area contributed by atoms with E-state index in [1.165, 1.54) is 0 Å². The van der Waals surface area contributed by atoms with Crippen molar-refractivity contribution in [1.29, 1.82) is 0 Å². The van der Waals surface area contributed by atoms with Crippen molar-refractivity contribution in [2.24, 2.45) is 5.92 Å². The van der Waals surface area contributed by atoms with Gasteiger partial charge in [-0.1, -0.05) is 19.1 Å². The van der Waals surface area contributed by atoms with Crippen molar-refractivity contribution >= 4 is 0 Å². The molecule has 0 aromatic heterocycles. The van der Waals surface area contributed by atoms with Crippen LogP contribution in [-0.2, 0) is 6.42 Å². The fraction of sp³-hybridized carbons (Fsp3) is 0.333. The highest BCUT2D eigenvalue weighted by molar-refractivity contribution is 5.42. The molecule has 0 fully saturated rings. The summed E-state index contributed by atoms with van der Waals surface area (Å²) in [4.78, 5) is 0. The fourth-order valence-electron chi connectivity index (χ4n) is 2.86. The van der Waals surface area contributed by atoms with Crippen LogP contribution in [0.1, 0.15) is 31.1 Å². The summed E-state index contributed by atoms with van der Waals surface area (Å²) in [6, 6.07) is 13.4. The van der Waals surface area contributed by atoms with Crippen LogP contribution >= 0.6 is 0 Å². The second-order valence-electron chi connectivity index (χ2n) is 5.51. The zero-order valence-corrected chi connectivity index (χ0v) is 12.4. The fourth-order valence-corrected chi connectivity index (χ4v) is 2.86. The summed E-state index contributed by atoms with van der Waals surface area (Å²) in [5.41, 5.74) is 2.23. The molecule has 1 heterocycles. The summed E-state index contributed by atoms with van der Waals surface area (Å²) in [5.74, 6) is 2.40. The number of ether oxygens (including phenoxy) is 2. The third-order valence-corrected chi connectivity index (χ3v) is 3.88. The molecule has 0 radical (unpaired) electrons. The molecule has 21 heavy (non-hydrogen) atoms. The Morgan fingerprint density at radius 1 is 1.19 bits per heavy atom. The maximum atomic E-state index is 9.57. The zero-order chi connectivity index (χ0) is 14.8. The lowest BCUT2D eigenvalue weighted by Crippen LogP contribution is -2.23. The molecule has 0 saturated heterocycles. The van der Waals surface area contributed by atoms with Gasteiger partial charge in [-0.25, -0.2) is 0 Å². The van der Waals surface area contributed by atoms with Gasteiger partial charge >= 0.3 is 0 Å². The quantitative estimate of drug-likeness (QED) is 0.922. The van der Waals surface area contributed by atoms with E-state index < -0.39 is 0 Å². The molecule has 0 unspecified atom stereocenters. The Kier molecular flexibility index (Phi) is 3.74. The average molecular weight is 284 g/mol. The number of hydrogen-bond donors (Lipinski definition) is 1. The van der Waals surface area contributed by atoms with Crippen molar-refractivity contribution in [3.8, 4) is 17.2 Å². The van der Waals surface area contributed by atoms with E-state index in [2.05, 4.69) is 19.1 Å². The van der Waals surface area contributed by atoms with Crippen LogP contribution in [0.4, 0.5) is 0 Å². The predicted molar refractivity (Wildman–Crippen MR) is 82.0 cm³/mol. The largest absolute Gasteiger partial charge is 0.508 e. The third-order valence-electron chi connectivity index (χ3n) is 3.88. The Bertz CT molecular complexity index is 619. The molecule has 0 spiro atoms. The van der Waals surface area contributed by atoms with Crippen LogP contribution in [0, 0.1) is 5.92 Å². The van der Waals surface area contributed by atoms with Crippen molar-refractivity contribution in [1.82, 2.24) is 0 Å². The van der Waals surface area contributed by atoms with Gasteiger partial charge in [0.1, 0.15) is 23.4 Å². The molecule has 2 aromatic rings. The van der Waals surface area contributed by atoms with Crippen LogP contribution < -0.4 is 9.47 Å². The topological polar surface area (TPSA) is 38.7 Å².